The number of ether oxygens (including phenoxy) is 2. The Hall–Kier alpha value is -4.02. The molecule has 2 aromatic heterocycles. The minimum absolute atomic E-state index is 0.0908. The lowest BCUT2D eigenvalue weighted by Crippen LogP contribution is -2.30. The Balaban J connectivity index is 1.59. The molecule has 0 unspecified atom stereocenters. The van der Waals surface area contributed by atoms with Crippen molar-refractivity contribution in [3.8, 4) is 11.4 Å². The number of nitrogens with zero attached hydrogens (tertiary/aromatic N) is 4. The molecule has 0 N–H and O–H groups in total. The summed E-state index contributed by atoms with van der Waals surface area (Å²) in [7, 11) is -2.57. The van der Waals surface area contributed by atoms with Crippen molar-refractivity contribution in [2.75, 3.05) is 13.7 Å². The Morgan fingerprint density at radius 1 is 0.971 bits per heavy atom. The maximum Gasteiger partial charge on any atom is 0.343 e. The van der Waals surface area contributed by atoms with Crippen LogP contribution in [0.3, 0.4) is 0 Å². The summed E-state index contributed by atoms with van der Waals surface area (Å²) in [5.74, 6) is -0.0649. The number of rotatable bonds is 10. The molecule has 0 aliphatic heterocycles. The van der Waals surface area contributed by atoms with E-state index in [-0.39, 0.29) is 24.6 Å². The fourth-order valence-corrected chi connectivity index (χ4v) is 4.77. The van der Waals surface area contributed by atoms with Crippen molar-refractivity contribution in [3.63, 3.8) is 0 Å². The highest BCUT2D eigenvalue weighted by atomic mass is 32.2. The molecule has 0 fully saturated rings. The molecule has 180 valence electrons. The standard InChI is InChI=1S/C25H24N4O5S/c1-33-25(30)19-34-23-6-2-5-21(15-23)18-28(35(31,32)24-7-3-12-26-16-24)17-20-8-10-22(11-9-20)29-14-4-13-27-29/h2-16H,17-19H2,1H3. The van der Waals surface area contributed by atoms with Gasteiger partial charge in [0.2, 0.25) is 10.0 Å². The highest BCUT2D eigenvalue weighted by Gasteiger charge is 2.25. The third kappa shape index (κ3) is 6.11. The fourth-order valence-electron chi connectivity index (χ4n) is 3.39. The van der Waals surface area contributed by atoms with Crippen molar-refractivity contribution in [1.29, 1.82) is 0 Å². The van der Waals surface area contributed by atoms with Gasteiger partial charge in [0.25, 0.3) is 0 Å². The van der Waals surface area contributed by atoms with Gasteiger partial charge in [0.1, 0.15) is 10.6 Å². The van der Waals surface area contributed by atoms with Crippen molar-refractivity contribution in [2.24, 2.45) is 0 Å². The Kier molecular flexibility index (Phi) is 7.54. The molecular formula is C25H24N4O5S. The minimum atomic E-state index is -3.85. The molecule has 0 radical (unpaired) electrons. The van der Waals surface area contributed by atoms with Crippen LogP contribution >= 0.6 is 0 Å². The van der Waals surface area contributed by atoms with E-state index in [1.165, 1.54) is 29.9 Å². The molecule has 4 aromatic rings. The summed E-state index contributed by atoms with van der Waals surface area (Å²) in [5.41, 5.74) is 2.38. The number of carbonyl (C=O) groups is 1. The molecule has 4 rings (SSSR count). The highest BCUT2D eigenvalue weighted by Crippen LogP contribution is 2.23. The lowest BCUT2D eigenvalue weighted by Gasteiger charge is -2.23. The van der Waals surface area contributed by atoms with E-state index in [1.807, 2.05) is 36.5 Å². The van der Waals surface area contributed by atoms with E-state index in [4.69, 9.17) is 4.74 Å². The zero-order valence-electron chi connectivity index (χ0n) is 19.0. The quantitative estimate of drug-likeness (QED) is 0.313. The Bertz CT molecular complexity index is 1360. The van der Waals surface area contributed by atoms with Gasteiger partial charge in [0.15, 0.2) is 6.61 Å². The second-order valence-electron chi connectivity index (χ2n) is 7.59. The molecular weight excluding hydrogens is 468 g/mol. The number of aromatic nitrogens is 3. The number of hydrogen-bond acceptors (Lipinski definition) is 7. The van der Waals surface area contributed by atoms with Crippen LogP contribution in [0.25, 0.3) is 5.69 Å². The first-order valence-corrected chi connectivity index (χ1v) is 12.2. The first kappa shape index (κ1) is 24.1. The van der Waals surface area contributed by atoms with Crippen molar-refractivity contribution in [3.05, 3.63) is 103 Å². The van der Waals surface area contributed by atoms with Crippen LogP contribution in [0, 0.1) is 0 Å². The van der Waals surface area contributed by atoms with Gasteiger partial charge in [-0.1, -0.05) is 24.3 Å². The number of esters is 1. The SMILES string of the molecule is COC(=O)COc1cccc(CN(Cc2ccc(-n3cccn3)cc2)S(=O)(=O)c2cccnc2)c1. The molecule has 0 saturated carbocycles. The van der Waals surface area contributed by atoms with E-state index < -0.39 is 16.0 Å². The van der Waals surface area contributed by atoms with Crippen molar-refractivity contribution in [2.45, 2.75) is 18.0 Å². The molecule has 2 heterocycles. The number of sulfonamides is 1. The third-order valence-electron chi connectivity index (χ3n) is 5.18. The van der Waals surface area contributed by atoms with Gasteiger partial charge in [-0.15, -0.1) is 0 Å². The number of benzene rings is 2. The van der Waals surface area contributed by atoms with E-state index >= 15 is 0 Å². The average molecular weight is 493 g/mol. The lowest BCUT2D eigenvalue weighted by atomic mass is 10.2. The summed E-state index contributed by atoms with van der Waals surface area (Å²) >= 11 is 0. The lowest BCUT2D eigenvalue weighted by molar-refractivity contribution is -0.142. The van der Waals surface area contributed by atoms with E-state index in [0.717, 1.165) is 11.3 Å². The highest BCUT2D eigenvalue weighted by molar-refractivity contribution is 7.89. The Morgan fingerprint density at radius 3 is 2.46 bits per heavy atom. The second kappa shape index (κ2) is 10.9. The Morgan fingerprint density at radius 2 is 1.77 bits per heavy atom. The number of hydrogen-bond donors (Lipinski definition) is 0. The van der Waals surface area contributed by atoms with Crippen molar-refractivity contribution in [1.82, 2.24) is 19.1 Å². The zero-order valence-corrected chi connectivity index (χ0v) is 19.8. The molecule has 35 heavy (non-hydrogen) atoms. The van der Waals surface area contributed by atoms with Crippen LogP contribution in [0.1, 0.15) is 11.1 Å². The van der Waals surface area contributed by atoms with E-state index in [1.54, 1.807) is 41.2 Å². The van der Waals surface area contributed by atoms with Crippen LogP contribution in [0.15, 0.2) is 96.4 Å². The van der Waals surface area contributed by atoms with Gasteiger partial charge in [0, 0.05) is 37.9 Å². The van der Waals surface area contributed by atoms with Crippen LogP contribution < -0.4 is 4.74 Å². The summed E-state index contributed by atoms with van der Waals surface area (Å²) in [4.78, 5) is 15.5. The molecule has 0 amide bonds. The smallest absolute Gasteiger partial charge is 0.343 e. The molecule has 0 bridgehead atoms. The van der Waals surface area contributed by atoms with E-state index in [9.17, 15) is 13.2 Å². The van der Waals surface area contributed by atoms with E-state index in [2.05, 4.69) is 14.8 Å². The molecule has 0 spiro atoms. The van der Waals surface area contributed by atoms with Gasteiger partial charge in [-0.25, -0.2) is 17.9 Å². The monoisotopic (exact) mass is 492 g/mol. The molecule has 0 saturated heterocycles. The van der Waals surface area contributed by atoms with Gasteiger partial charge in [-0.05, 0) is 53.6 Å². The van der Waals surface area contributed by atoms with Gasteiger partial charge in [-0.2, -0.15) is 9.40 Å². The summed E-state index contributed by atoms with van der Waals surface area (Å²) in [6, 6.07) is 19.4. The average Bonchev–Trinajstić information content (AvgIpc) is 3.43. The van der Waals surface area contributed by atoms with Crippen molar-refractivity contribution >= 4 is 16.0 Å². The van der Waals surface area contributed by atoms with Gasteiger partial charge in [0.05, 0.1) is 12.8 Å². The summed E-state index contributed by atoms with van der Waals surface area (Å²) in [6.07, 6.45) is 6.39. The molecule has 10 heteroatoms. The maximum atomic E-state index is 13.5. The molecule has 9 nitrogen and oxygen atoms in total. The molecule has 0 aliphatic rings. The first-order valence-electron chi connectivity index (χ1n) is 10.7. The minimum Gasteiger partial charge on any atom is -0.482 e. The van der Waals surface area contributed by atoms with Gasteiger partial charge in [-0.3, -0.25) is 4.98 Å². The third-order valence-corrected chi connectivity index (χ3v) is 6.95. The van der Waals surface area contributed by atoms with Crippen LogP contribution in [-0.4, -0.2) is 47.2 Å². The number of carbonyl (C=O) groups excluding carboxylic acids is 1. The van der Waals surface area contributed by atoms with Crippen molar-refractivity contribution < 1.29 is 22.7 Å². The zero-order chi connectivity index (χ0) is 24.7. The van der Waals surface area contributed by atoms with Crippen LogP contribution in [-0.2, 0) is 32.6 Å². The maximum absolute atomic E-state index is 13.5. The molecule has 0 atom stereocenters. The molecule has 0 aliphatic carbocycles. The fraction of sp³-hybridized carbons (Fsp3) is 0.160. The summed E-state index contributed by atoms with van der Waals surface area (Å²) in [5, 5.41) is 4.21. The van der Waals surface area contributed by atoms with Gasteiger partial charge < -0.3 is 9.47 Å². The Labute approximate surface area is 203 Å². The predicted molar refractivity (Wildman–Crippen MR) is 128 cm³/mol. The molecule has 2 aromatic carbocycles. The number of methoxy groups -OCH3 is 1. The van der Waals surface area contributed by atoms with Crippen LogP contribution in [0.5, 0.6) is 5.75 Å². The first-order chi connectivity index (χ1) is 17.0. The second-order valence-corrected chi connectivity index (χ2v) is 9.53. The normalized spacial score (nSPS) is 11.4. The summed E-state index contributed by atoms with van der Waals surface area (Å²) in [6.45, 7) is -0.00231. The van der Waals surface area contributed by atoms with Crippen LogP contribution in [0.2, 0.25) is 0 Å². The number of pyridine rings is 1. The van der Waals surface area contributed by atoms with Gasteiger partial charge >= 0.3 is 5.97 Å². The topological polar surface area (TPSA) is 104 Å². The largest absolute Gasteiger partial charge is 0.482 e. The predicted octanol–water partition coefficient (Wildman–Crippen LogP) is 3.21. The summed E-state index contributed by atoms with van der Waals surface area (Å²) < 4.78 is 40.2. The van der Waals surface area contributed by atoms with E-state index in [0.29, 0.717) is 11.3 Å². The van der Waals surface area contributed by atoms with Crippen LogP contribution in [0.4, 0.5) is 0 Å².